The van der Waals surface area contributed by atoms with Crippen molar-refractivity contribution in [2.24, 2.45) is 0 Å². The Morgan fingerprint density at radius 2 is 1.72 bits per heavy atom. The minimum absolute atomic E-state index is 0.0358. The molecule has 0 aliphatic carbocycles. The Morgan fingerprint density at radius 1 is 1.04 bits per heavy atom. The summed E-state index contributed by atoms with van der Waals surface area (Å²) >= 11 is 0. The first kappa shape index (κ1) is 17.2. The number of hydrogen-bond acceptors (Lipinski definition) is 5. The van der Waals surface area contributed by atoms with Gasteiger partial charge in [-0.15, -0.1) is 0 Å². The van der Waals surface area contributed by atoms with E-state index in [-0.39, 0.29) is 4.90 Å². The van der Waals surface area contributed by atoms with Gasteiger partial charge in [-0.25, -0.2) is 17.5 Å². The smallest absolute Gasteiger partial charge is 0.241 e. The molecule has 0 saturated heterocycles. The predicted molar refractivity (Wildman–Crippen MR) is 87.7 cm³/mol. The van der Waals surface area contributed by atoms with Crippen LogP contribution in [0.2, 0.25) is 0 Å². The largest absolute Gasteiger partial charge is 0.486 e. The summed E-state index contributed by atoms with van der Waals surface area (Å²) in [5, 5.41) is 2.47. The maximum absolute atomic E-state index is 12.8. The van der Waals surface area contributed by atoms with E-state index >= 15 is 0 Å². The molecule has 0 radical (unpaired) electrons. The van der Waals surface area contributed by atoms with Crippen LogP contribution >= 0.6 is 0 Å². The molecule has 0 fully saturated rings. The van der Waals surface area contributed by atoms with Gasteiger partial charge in [0.25, 0.3) is 0 Å². The van der Waals surface area contributed by atoms with Gasteiger partial charge in [0.2, 0.25) is 15.9 Å². The van der Waals surface area contributed by atoms with Gasteiger partial charge < -0.3 is 14.8 Å². The molecule has 2 aromatic carbocycles. The van der Waals surface area contributed by atoms with Crippen molar-refractivity contribution in [1.29, 1.82) is 0 Å². The average molecular weight is 366 g/mol. The normalized spacial score (nSPS) is 13.3. The minimum atomic E-state index is -3.89. The summed E-state index contributed by atoms with van der Waals surface area (Å²) in [6.07, 6.45) is 0. The van der Waals surface area contributed by atoms with Crippen molar-refractivity contribution in [2.75, 3.05) is 25.1 Å². The number of rotatable bonds is 5. The van der Waals surface area contributed by atoms with E-state index in [1.54, 1.807) is 0 Å². The molecule has 25 heavy (non-hydrogen) atoms. The second-order valence-electron chi connectivity index (χ2n) is 5.19. The number of benzene rings is 2. The van der Waals surface area contributed by atoms with Crippen LogP contribution in [0, 0.1) is 5.82 Å². The van der Waals surface area contributed by atoms with Crippen LogP contribution in [0.15, 0.2) is 47.4 Å². The van der Waals surface area contributed by atoms with Crippen molar-refractivity contribution in [3.05, 3.63) is 48.3 Å². The number of sulfonamides is 1. The molecule has 2 aromatic rings. The highest BCUT2D eigenvalue weighted by atomic mass is 32.2. The molecular weight excluding hydrogens is 351 g/mol. The lowest BCUT2D eigenvalue weighted by Crippen LogP contribution is -2.33. The zero-order valence-corrected chi connectivity index (χ0v) is 13.8. The second-order valence-corrected chi connectivity index (χ2v) is 6.95. The number of hydrogen-bond donors (Lipinski definition) is 2. The Hall–Kier alpha value is -2.65. The van der Waals surface area contributed by atoms with Crippen LogP contribution in [0.25, 0.3) is 0 Å². The summed E-state index contributed by atoms with van der Waals surface area (Å²) in [7, 11) is -3.89. The number of nitrogens with one attached hydrogen (secondary N) is 2. The Morgan fingerprint density at radius 3 is 2.44 bits per heavy atom. The van der Waals surface area contributed by atoms with Crippen molar-refractivity contribution in [2.45, 2.75) is 4.90 Å². The molecule has 3 rings (SSSR count). The maximum Gasteiger partial charge on any atom is 0.241 e. The van der Waals surface area contributed by atoms with Gasteiger partial charge in [-0.1, -0.05) is 0 Å². The summed E-state index contributed by atoms with van der Waals surface area (Å²) < 4.78 is 50.3. The van der Waals surface area contributed by atoms with Gasteiger partial charge in [0.05, 0.1) is 11.4 Å². The zero-order valence-electron chi connectivity index (χ0n) is 13.0. The molecule has 0 saturated carbocycles. The van der Waals surface area contributed by atoms with Crippen LogP contribution in [0.3, 0.4) is 0 Å². The summed E-state index contributed by atoms with van der Waals surface area (Å²) in [6.45, 7) is 0.277. The monoisotopic (exact) mass is 366 g/mol. The van der Waals surface area contributed by atoms with Crippen LogP contribution in [-0.4, -0.2) is 34.1 Å². The number of fused-ring (bicyclic) bond motifs is 1. The number of amides is 1. The van der Waals surface area contributed by atoms with Crippen LogP contribution < -0.4 is 19.5 Å². The van der Waals surface area contributed by atoms with Crippen molar-refractivity contribution in [3.8, 4) is 11.5 Å². The molecule has 0 aromatic heterocycles. The molecule has 0 unspecified atom stereocenters. The van der Waals surface area contributed by atoms with Crippen LogP contribution in [-0.2, 0) is 14.8 Å². The van der Waals surface area contributed by atoms with Crippen LogP contribution in [0.4, 0.5) is 10.1 Å². The lowest BCUT2D eigenvalue weighted by atomic mass is 10.3. The summed E-state index contributed by atoms with van der Waals surface area (Å²) in [5.41, 5.74) is 0.366. The SMILES string of the molecule is O=C(CNS(=O)(=O)c1ccc2c(c1)OCCO2)Nc1ccc(F)cc1. The van der Waals surface area contributed by atoms with Crippen molar-refractivity contribution in [3.63, 3.8) is 0 Å². The van der Waals surface area contributed by atoms with Crippen LogP contribution in [0.1, 0.15) is 0 Å². The van der Waals surface area contributed by atoms with Crippen LogP contribution in [0.5, 0.6) is 11.5 Å². The Bertz CT molecular complexity index is 884. The zero-order chi connectivity index (χ0) is 17.9. The molecule has 1 heterocycles. The standard InChI is InChI=1S/C16H15FN2O5S/c17-11-1-3-12(4-2-11)19-16(20)10-18-25(21,22)13-5-6-14-15(9-13)24-8-7-23-14/h1-6,9,18H,7-8,10H2,(H,19,20). The maximum atomic E-state index is 12.8. The molecule has 1 aliphatic rings. The molecular formula is C16H15FN2O5S. The number of anilines is 1. The molecule has 0 bridgehead atoms. The average Bonchev–Trinajstić information content (AvgIpc) is 2.62. The summed E-state index contributed by atoms with van der Waals surface area (Å²) in [5.74, 6) is -0.200. The molecule has 0 spiro atoms. The van der Waals surface area contributed by atoms with Gasteiger partial charge in [-0.3, -0.25) is 4.79 Å². The van der Waals surface area contributed by atoms with Gasteiger partial charge in [0, 0.05) is 11.8 Å². The third kappa shape index (κ3) is 4.25. The quantitative estimate of drug-likeness (QED) is 0.837. The van der Waals surface area contributed by atoms with E-state index in [0.717, 1.165) is 0 Å². The molecule has 0 atom stereocenters. The molecule has 7 nitrogen and oxygen atoms in total. The summed E-state index contributed by atoms with van der Waals surface area (Å²) in [6, 6.07) is 9.35. The van der Waals surface area contributed by atoms with Gasteiger partial charge >= 0.3 is 0 Å². The predicted octanol–water partition coefficient (Wildman–Crippen LogP) is 1.51. The number of halogens is 1. The van der Waals surface area contributed by atoms with Crippen molar-refractivity contribution < 1.29 is 27.1 Å². The Labute approximate surface area is 143 Å². The highest BCUT2D eigenvalue weighted by molar-refractivity contribution is 7.89. The van der Waals surface area contributed by atoms with Crippen molar-refractivity contribution in [1.82, 2.24) is 4.72 Å². The third-order valence-corrected chi connectivity index (χ3v) is 4.77. The van der Waals surface area contributed by atoms with Crippen molar-refractivity contribution >= 4 is 21.6 Å². The second kappa shape index (κ2) is 7.08. The molecule has 132 valence electrons. The van der Waals surface area contributed by atoms with E-state index in [4.69, 9.17) is 9.47 Å². The van der Waals surface area contributed by atoms with Gasteiger partial charge in [-0.05, 0) is 36.4 Å². The fourth-order valence-corrected chi connectivity index (χ4v) is 3.17. The molecule has 1 amide bonds. The van der Waals surface area contributed by atoms with E-state index in [2.05, 4.69) is 10.0 Å². The number of ether oxygens (including phenoxy) is 2. The highest BCUT2D eigenvalue weighted by Crippen LogP contribution is 2.32. The number of carbonyl (C=O) groups is 1. The lowest BCUT2D eigenvalue weighted by molar-refractivity contribution is -0.115. The fraction of sp³-hybridized carbons (Fsp3) is 0.188. The van der Waals surface area contributed by atoms with E-state index in [1.165, 1.54) is 42.5 Å². The van der Waals surface area contributed by atoms with Gasteiger partial charge in [0.1, 0.15) is 19.0 Å². The summed E-state index contributed by atoms with van der Waals surface area (Å²) in [4.78, 5) is 11.8. The first-order chi connectivity index (χ1) is 11.9. The Balaban J connectivity index is 1.63. The molecule has 9 heteroatoms. The van der Waals surface area contributed by atoms with E-state index < -0.39 is 28.3 Å². The molecule has 2 N–H and O–H groups in total. The number of carbonyl (C=O) groups excluding carboxylic acids is 1. The lowest BCUT2D eigenvalue weighted by Gasteiger charge is -2.18. The van der Waals surface area contributed by atoms with E-state index in [9.17, 15) is 17.6 Å². The highest BCUT2D eigenvalue weighted by Gasteiger charge is 2.20. The first-order valence-electron chi connectivity index (χ1n) is 7.39. The molecule has 1 aliphatic heterocycles. The Kier molecular flexibility index (Phi) is 4.86. The van der Waals surface area contributed by atoms with Gasteiger partial charge in [-0.2, -0.15) is 0 Å². The minimum Gasteiger partial charge on any atom is -0.486 e. The van der Waals surface area contributed by atoms with E-state index in [1.807, 2.05) is 0 Å². The fourth-order valence-electron chi connectivity index (χ4n) is 2.17. The first-order valence-corrected chi connectivity index (χ1v) is 8.87. The third-order valence-electron chi connectivity index (χ3n) is 3.37. The van der Waals surface area contributed by atoms with Gasteiger partial charge in [0.15, 0.2) is 11.5 Å². The van der Waals surface area contributed by atoms with E-state index in [0.29, 0.717) is 30.4 Å². The topological polar surface area (TPSA) is 93.7 Å².